The molecule has 1 aromatic heterocycles. The van der Waals surface area contributed by atoms with Crippen LogP contribution in [0.4, 0.5) is 17.1 Å². The minimum absolute atomic E-state index is 0.186. The summed E-state index contributed by atoms with van der Waals surface area (Å²) in [6.07, 6.45) is 2.60. The number of aliphatic hydroxyl groups excluding tert-OH is 1. The molecule has 0 bridgehead atoms. The third kappa shape index (κ3) is 4.52. The van der Waals surface area contributed by atoms with Crippen LogP contribution in [0.5, 0.6) is 0 Å². The average Bonchev–Trinajstić information content (AvgIpc) is 2.93. The van der Waals surface area contributed by atoms with Gasteiger partial charge in [-0.05, 0) is 26.2 Å². The Balaban J connectivity index is 2.12. The summed E-state index contributed by atoms with van der Waals surface area (Å²) >= 11 is 0. The number of aromatic nitrogens is 2. The Bertz CT molecular complexity index is 765. The topological polar surface area (TPSA) is 120 Å². The van der Waals surface area contributed by atoms with Crippen molar-refractivity contribution < 1.29 is 10.0 Å². The Morgan fingerprint density at radius 1 is 1.54 bits per heavy atom. The van der Waals surface area contributed by atoms with E-state index in [4.69, 9.17) is 5.26 Å². The van der Waals surface area contributed by atoms with Gasteiger partial charge >= 0.3 is 0 Å². The van der Waals surface area contributed by atoms with E-state index in [0.717, 1.165) is 0 Å². The highest BCUT2D eigenvalue weighted by molar-refractivity contribution is 5.70. The first-order chi connectivity index (χ1) is 11.4. The molecular weight excluding hydrogens is 312 g/mol. The molecule has 0 aliphatic rings. The van der Waals surface area contributed by atoms with Crippen molar-refractivity contribution in [2.75, 3.05) is 26.0 Å². The van der Waals surface area contributed by atoms with Crippen molar-refractivity contribution in [3.8, 4) is 6.07 Å². The predicted octanol–water partition coefficient (Wildman–Crippen LogP) is 1.33. The summed E-state index contributed by atoms with van der Waals surface area (Å²) in [6, 6.07) is 6.07. The molecular formula is C15H18N6O3. The Morgan fingerprint density at radius 3 is 2.92 bits per heavy atom. The molecule has 1 heterocycles. The fourth-order valence-electron chi connectivity index (χ4n) is 2.24. The van der Waals surface area contributed by atoms with Gasteiger partial charge in [-0.2, -0.15) is 10.4 Å². The molecule has 1 atom stereocenters. The minimum atomic E-state index is -0.572. The largest absolute Gasteiger partial charge is 0.390 e. The van der Waals surface area contributed by atoms with E-state index < -0.39 is 11.0 Å². The number of hydrogen-bond donors (Lipinski definition) is 2. The van der Waals surface area contributed by atoms with Crippen LogP contribution in [-0.4, -0.2) is 51.5 Å². The van der Waals surface area contributed by atoms with Crippen LogP contribution in [0.15, 0.2) is 30.6 Å². The lowest BCUT2D eigenvalue weighted by atomic mass is 10.2. The van der Waals surface area contributed by atoms with Crippen LogP contribution in [0, 0.1) is 21.4 Å². The molecule has 0 fully saturated rings. The zero-order valence-electron chi connectivity index (χ0n) is 13.4. The molecule has 9 heteroatoms. The average molecular weight is 330 g/mol. The van der Waals surface area contributed by atoms with E-state index in [-0.39, 0.29) is 16.9 Å². The maximum absolute atomic E-state index is 11.1. The van der Waals surface area contributed by atoms with Gasteiger partial charge in [0, 0.05) is 18.8 Å². The lowest BCUT2D eigenvalue weighted by Crippen LogP contribution is -2.29. The van der Waals surface area contributed by atoms with Gasteiger partial charge in [-0.15, -0.1) is 0 Å². The van der Waals surface area contributed by atoms with E-state index in [1.54, 1.807) is 10.9 Å². The summed E-state index contributed by atoms with van der Waals surface area (Å²) in [5.41, 5.74) is 0.858. The Labute approximate surface area is 138 Å². The third-order valence-corrected chi connectivity index (χ3v) is 3.21. The number of nitriles is 1. The molecule has 0 amide bonds. The molecule has 126 valence electrons. The molecule has 2 N–H and O–H groups in total. The molecule has 0 saturated heterocycles. The second-order valence-electron chi connectivity index (χ2n) is 5.59. The van der Waals surface area contributed by atoms with Crippen LogP contribution in [0.1, 0.15) is 5.56 Å². The highest BCUT2D eigenvalue weighted by Gasteiger charge is 2.16. The number of likely N-dealkylation sites (N-methyl/N-ethyl adjacent to an activating group) is 1. The van der Waals surface area contributed by atoms with Crippen LogP contribution in [0.2, 0.25) is 0 Å². The van der Waals surface area contributed by atoms with Gasteiger partial charge in [0.2, 0.25) is 0 Å². The fourth-order valence-corrected chi connectivity index (χ4v) is 2.24. The van der Waals surface area contributed by atoms with Gasteiger partial charge in [-0.1, -0.05) is 0 Å². The van der Waals surface area contributed by atoms with E-state index in [1.807, 2.05) is 25.1 Å². The van der Waals surface area contributed by atoms with Gasteiger partial charge in [0.15, 0.2) is 0 Å². The van der Waals surface area contributed by atoms with Crippen molar-refractivity contribution in [2.45, 2.75) is 12.6 Å². The predicted molar refractivity (Wildman–Crippen MR) is 87.9 cm³/mol. The maximum atomic E-state index is 11.1. The van der Waals surface area contributed by atoms with Crippen LogP contribution in [0.25, 0.3) is 0 Å². The monoisotopic (exact) mass is 330 g/mol. The van der Waals surface area contributed by atoms with Crippen LogP contribution in [0.3, 0.4) is 0 Å². The van der Waals surface area contributed by atoms with Crippen LogP contribution < -0.4 is 5.32 Å². The summed E-state index contributed by atoms with van der Waals surface area (Å²) in [6.45, 7) is 0.818. The first kappa shape index (κ1) is 17.4. The van der Waals surface area contributed by atoms with E-state index in [0.29, 0.717) is 18.8 Å². The number of aliphatic hydroxyl groups is 1. The normalized spacial score (nSPS) is 12.0. The lowest BCUT2D eigenvalue weighted by molar-refractivity contribution is -0.383. The van der Waals surface area contributed by atoms with Crippen LogP contribution >= 0.6 is 0 Å². The van der Waals surface area contributed by atoms with E-state index in [9.17, 15) is 15.2 Å². The van der Waals surface area contributed by atoms with Gasteiger partial charge in [-0.25, -0.2) is 0 Å². The van der Waals surface area contributed by atoms with Crippen molar-refractivity contribution in [3.05, 3.63) is 46.3 Å². The number of nitrogens with one attached hydrogen (secondary N) is 1. The quantitative estimate of drug-likeness (QED) is 0.580. The summed E-state index contributed by atoms with van der Waals surface area (Å²) < 4.78 is 1.56. The number of nitro groups is 1. The highest BCUT2D eigenvalue weighted by Crippen LogP contribution is 2.28. The van der Waals surface area contributed by atoms with Gasteiger partial charge in [-0.3, -0.25) is 14.8 Å². The molecule has 2 rings (SSSR count). The van der Waals surface area contributed by atoms with Crippen molar-refractivity contribution in [3.63, 3.8) is 0 Å². The molecule has 0 radical (unpaired) electrons. The summed E-state index contributed by atoms with van der Waals surface area (Å²) in [5.74, 6) is 0. The van der Waals surface area contributed by atoms with Gasteiger partial charge in [0.25, 0.3) is 5.69 Å². The fraction of sp³-hybridized carbons (Fsp3) is 0.333. The second-order valence-corrected chi connectivity index (χ2v) is 5.59. The molecule has 24 heavy (non-hydrogen) atoms. The molecule has 0 aliphatic carbocycles. The SMILES string of the molecule is CN(C)C[C@H](O)Cn1cc(Nc2ccc(C#N)cc2[N+](=O)[O-])cn1. The first-order valence-corrected chi connectivity index (χ1v) is 7.20. The number of anilines is 2. The first-order valence-electron chi connectivity index (χ1n) is 7.20. The van der Waals surface area contributed by atoms with Crippen molar-refractivity contribution >= 4 is 17.1 Å². The Hall–Kier alpha value is -2.96. The van der Waals surface area contributed by atoms with Gasteiger partial charge in [0.05, 0.1) is 41.1 Å². The van der Waals surface area contributed by atoms with Crippen molar-refractivity contribution in [1.29, 1.82) is 5.26 Å². The zero-order chi connectivity index (χ0) is 17.7. The number of benzene rings is 1. The van der Waals surface area contributed by atoms with Gasteiger partial charge < -0.3 is 15.3 Å². The molecule has 0 spiro atoms. The highest BCUT2D eigenvalue weighted by atomic mass is 16.6. The van der Waals surface area contributed by atoms with Crippen molar-refractivity contribution in [2.24, 2.45) is 0 Å². The maximum Gasteiger partial charge on any atom is 0.293 e. The molecule has 0 aliphatic heterocycles. The standard InChI is InChI=1S/C15H18N6O3/c1-19(2)9-13(22)10-20-8-12(7-17-20)18-14-4-3-11(6-16)5-15(14)21(23)24/h3-5,7-8,13,18,22H,9-10H2,1-2H3/t13-/m0/s1. The van der Waals surface area contributed by atoms with E-state index in [2.05, 4.69) is 10.4 Å². The van der Waals surface area contributed by atoms with E-state index >= 15 is 0 Å². The molecule has 2 aromatic rings. The second kappa shape index (κ2) is 7.54. The third-order valence-electron chi connectivity index (χ3n) is 3.21. The molecule has 0 unspecified atom stereocenters. The number of nitro benzene ring substituents is 1. The summed E-state index contributed by atoms with van der Waals surface area (Å²) in [5, 5.41) is 36.9. The van der Waals surface area contributed by atoms with Crippen LogP contribution in [-0.2, 0) is 6.54 Å². The number of nitrogens with zero attached hydrogens (tertiary/aromatic N) is 5. The lowest BCUT2D eigenvalue weighted by Gasteiger charge is -2.15. The summed E-state index contributed by atoms with van der Waals surface area (Å²) in [7, 11) is 3.73. The number of hydrogen-bond acceptors (Lipinski definition) is 7. The van der Waals surface area contributed by atoms with Gasteiger partial charge in [0.1, 0.15) is 5.69 Å². The number of rotatable bonds is 7. The van der Waals surface area contributed by atoms with Crippen molar-refractivity contribution in [1.82, 2.24) is 14.7 Å². The summed E-state index contributed by atoms with van der Waals surface area (Å²) in [4.78, 5) is 12.5. The minimum Gasteiger partial charge on any atom is -0.390 e. The molecule has 1 aromatic carbocycles. The Kier molecular flexibility index (Phi) is 5.47. The molecule has 9 nitrogen and oxygen atoms in total. The zero-order valence-corrected chi connectivity index (χ0v) is 13.4. The molecule has 0 saturated carbocycles. The van der Waals surface area contributed by atoms with E-state index in [1.165, 1.54) is 24.4 Å². The smallest absolute Gasteiger partial charge is 0.293 e. The Morgan fingerprint density at radius 2 is 2.29 bits per heavy atom.